The van der Waals surface area contributed by atoms with Crippen LogP contribution < -0.4 is 20.1 Å². The quantitative estimate of drug-likeness (QED) is 0.578. The van der Waals surface area contributed by atoms with E-state index in [2.05, 4.69) is 10.6 Å². The summed E-state index contributed by atoms with van der Waals surface area (Å²) in [6.45, 7) is 2.41. The predicted molar refractivity (Wildman–Crippen MR) is 112 cm³/mol. The number of carbonyl (C=O) groups excluding carboxylic acids is 1. The molecule has 0 spiro atoms. The monoisotopic (exact) mass is 394 g/mol. The molecular formula is C23H23FN2O3. The maximum Gasteiger partial charge on any atom is 0.262 e. The Morgan fingerprint density at radius 3 is 2.48 bits per heavy atom. The van der Waals surface area contributed by atoms with Crippen LogP contribution in [0.5, 0.6) is 11.5 Å². The molecule has 0 aliphatic carbocycles. The van der Waals surface area contributed by atoms with Gasteiger partial charge in [0.05, 0.1) is 12.8 Å². The van der Waals surface area contributed by atoms with Crippen LogP contribution in [-0.4, -0.2) is 19.6 Å². The molecule has 0 bridgehead atoms. The van der Waals surface area contributed by atoms with Crippen LogP contribution in [0, 0.1) is 12.7 Å². The summed E-state index contributed by atoms with van der Waals surface area (Å²) in [4.78, 5) is 12.0. The Labute approximate surface area is 169 Å². The minimum atomic E-state index is -0.496. The SMILES string of the molecule is COc1cc(CNc2ccc(C)cc2)ccc1OCC(=O)Nc1ccccc1F. The standard InChI is InChI=1S/C23H23FN2O3/c1-16-7-10-18(11-8-16)25-14-17-9-12-21(22(13-17)28-2)29-15-23(27)26-20-6-4-3-5-19(20)24/h3-13,25H,14-15H2,1-2H3,(H,26,27). The molecule has 29 heavy (non-hydrogen) atoms. The lowest BCUT2D eigenvalue weighted by molar-refractivity contribution is -0.118. The van der Waals surface area contributed by atoms with Gasteiger partial charge in [-0.05, 0) is 48.9 Å². The molecule has 0 atom stereocenters. The highest BCUT2D eigenvalue weighted by atomic mass is 19.1. The van der Waals surface area contributed by atoms with Crippen LogP contribution in [0.15, 0.2) is 66.7 Å². The molecule has 0 aliphatic heterocycles. The summed E-state index contributed by atoms with van der Waals surface area (Å²) in [6, 6.07) is 19.6. The van der Waals surface area contributed by atoms with Gasteiger partial charge in [-0.3, -0.25) is 4.79 Å². The third-order valence-electron chi connectivity index (χ3n) is 4.28. The van der Waals surface area contributed by atoms with Gasteiger partial charge in [-0.2, -0.15) is 0 Å². The molecule has 0 fully saturated rings. The summed E-state index contributed by atoms with van der Waals surface area (Å²) in [5.41, 5.74) is 3.36. The Morgan fingerprint density at radius 2 is 1.76 bits per heavy atom. The minimum Gasteiger partial charge on any atom is -0.493 e. The van der Waals surface area contributed by atoms with Gasteiger partial charge in [0.1, 0.15) is 5.82 Å². The molecule has 1 amide bonds. The maximum atomic E-state index is 13.6. The molecule has 3 aromatic rings. The van der Waals surface area contributed by atoms with E-state index in [1.54, 1.807) is 25.3 Å². The summed E-state index contributed by atoms with van der Waals surface area (Å²) in [5, 5.41) is 5.83. The van der Waals surface area contributed by atoms with Gasteiger partial charge in [-0.25, -0.2) is 4.39 Å². The zero-order chi connectivity index (χ0) is 20.6. The zero-order valence-electron chi connectivity index (χ0n) is 16.4. The third-order valence-corrected chi connectivity index (χ3v) is 4.28. The van der Waals surface area contributed by atoms with Crippen molar-refractivity contribution in [3.8, 4) is 11.5 Å². The second-order valence-electron chi connectivity index (χ2n) is 6.52. The minimum absolute atomic E-state index is 0.116. The van der Waals surface area contributed by atoms with Gasteiger partial charge < -0.3 is 20.1 Å². The number of para-hydroxylation sites is 1. The van der Waals surface area contributed by atoms with Crippen molar-refractivity contribution in [2.75, 3.05) is 24.4 Å². The number of amides is 1. The van der Waals surface area contributed by atoms with Crippen LogP contribution in [-0.2, 0) is 11.3 Å². The van der Waals surface area contributed by atoms with E-state index in [4.69, 9.17) is 9.47 Å². The summed E-state index contributed by atoms with van der Waals surface area (Å²) < 4.78 is 24.5. The molecule has 3 rings (SSSR count). The summed E-state index contributed by atoms with van der Waals surface area (Å²) in [7, 11) is 1.54. The van der Waals surface area contributed by atoms with Gasteiger partial charge in [0.15, 0.2) is 18.1 Å². The number of benzene rings is 3. The molecule has 0 radical (unpaired) electrons. The van der Waals surface area contributed by atoms with Gasteiger partial charge >= 0.3 is 0 Å². The van der Waals surface area contributed by atoms with Crippen molar-refractivity contribution in [2.24, 2.45) is 0 Å². The third kappa shape index (κ3) is 5.72. The number of hydrogen-bond donors (Lipinski definition) is 2. The first-order chi connectivity index (χ1) is 14.0. The van der Waals surface area contributed by atoms with Crippen LogP contribution in [0.25, 0.3) is 0 Å². The molecule has 0 unspecified atom stereocenters. The lowest BCUT2D eigenvalue weighted by Crippen LogP contribution is -2.21. The first-order valence-electron chi connectivity index (χ1n) is 9.20. The summed E-state index contributed by atoms with van der Waals surface area (Å²) >= 11 is 0. The molecule has 3 aromatic carbocycles. The van der Waals surface area contributed by atoms with Gasteiger partial charge in [-0.1, -0.05) is 35.9 Å². The van der Waals surface area contributed by atoms with Crippen molar-refractivity contribution in [3.63, 3.8) is 0 Å². The van der Waals surface area contributed by atoms with Gasteiger partial charge in [0, 0.05) is 12.2 Å². The molecule has 0 aromatic heterocycles. The van der Waals surface area contributed by atoms with E-state index in [9.17, 15) is 9.18 Å². The number of nitrogens with one attached hydrogen (secondary N) is 2. The molecule has 6 heteroatoms. The first-order valence-corrected chi connectivity index (χ1v) is 9.20. The Hall–Kier alpha value is -3.54. The molecule has 0 saturated carbocycles. The number of carbonyl (C=O) groups is 1. The fourth-order valence-corrected chi connectivity index (χ4v) is 2.71. The second kappa shape index (κ2) is 9.59. The zero-order valence-corrected chi connectivity index (χ0v) is 16.4. The maximum absolute atomic E-state index is 13.6. The highest BCUT2D eigenvalue weighted by molar-refractivity contribution is 5.92. The molecule has 5 nitrogen and oxygen atoms in total. The molecule has 150 valence electrons. The van der Waals surface area contributed by atoms with Crippen molar-refractivity contribution in [3.05, 3.63) is 83.7 Å². The fraction of sp³-hybridized carbons (Fsp3) is 0.174. The average Bonchev–Trinajstić information content (AvgIpc) is 2.73. The van der Waals surface area contributed by atoms with E-state index in [0.29, 0.717) is 18.0 Å². The van der Waals surface area contributed by atoms with Crippen LogP contribution >= 0.6 is 0 Å². The highest BCUT2D eigenvalue weighted by Gasteiger charge is 2.10. The Balaban J connectivity index is 1.57. The van der Waals surface area contributed by atoms with Crippen LogP contribution in [0.3, 0.4) is 0 Å². The predicted octanol–water partition coefficient (Wildman–Crippen LogP) is 4.77. The van der Waals surface area contributed by atoms with Crippen molar-refractivity contribution in [1.29, 1.82) is 0 Å². The number of methoxy groups -OCH3 is 1. The topological polar surface area (TPSA) is 59.6 Å². The Kier molecular flexibility index (Phi) is 6.68. The van der Waals surface area contributed by atoms with E-state index >= 15 is 0 Å². The van der Waals surface area contributed by atoms with E-state index in [0.717, 1.165) is 11.3 Å². The number of aryl methyl sites for hydroxylation is 1. The molecular weight excluding hydrogens is 371 g/mol. The Bertz CT molecular complexity index is 974. The lowest BCUT2D eigenvalue weighted by Gasteiger charge is -2.13. The molecule has 2 N–H and O–H groups in total. The molecule has 0 heterocycles. The number of rotatable bonds is 8. The number of anilines is 2. The van der Waals surface area contributed by atoms with E-state index in [1.165, 1.54) is 17.7 Å². The van der Waals surface area contributed by atoms with E-state index < -0.39 is 11.7 Å². The largest absolute Gasteiger partial charge is 0.493 e. The fourth-order valence-electron chi connectivity index (χ4n) is 2.71. The average molecular weight is 394 g/mol. The van der Waals surface area contributed by atoms with Crippen LogP contribution in [0.1, 0.15) is 11.1 Å². The lowest BCUT2D eigenvalue weighted by atomic mass is 10.2. The first kappa shape index (κ1) is 20.2. The van der Waals surface area contributed by atoms with E-state index in [-0.39, 0.29) is 12.3 Å². The normalized spacial score (nSPS) is 10.3. The number of hydrogen-bond acceptors (Lipinski definition) is 4. The van der Waals surface area contributed by atoms with Crippen LogP contribution in [0.2, 0.25) is 0 Å². The highest BCUT2D eigenvalue weighted by Crippen LogP contribution is 2.28. The van der Waals surface area contributed by atoms with Crippen molar-refractivity contribution >= 4 is 17.3 Å². The molecule has 0 saturated heterocycles. The van der Waals surface area contributed by atoms with Gasteiger partial charge in [0.2, 0.25) is 0 Å². The van der Waals surface area contributed by atoms with Crippen molar-refractivity contribution in [2.45, 2.75) is 13.5 Å². The second-order valence-corrected chi connectivity index (χ2v) is 6.52. The van der Waals surface area contributed by atoms with E-state index in [1.807, 2.05) is 43.3 Å². The number of halogens is 1. The smallest absolute Gasteiger partial charge is 0.262 e. The number of ether oxygens (including phenoxy) is 2. The Morgan fingerprint density at radius 1 is 1.00 bits per heavy atom. The van der Waals surface area contributed by atoms with Gasteiger partial charge in [-0.15, -0.1) is 0 Å². The van der Waals surface area contributed by atoms with Crippen molar-refractivity contribution in [1.82, 2.24) is 0 Å². The summed E-state index contributed by atoms with van der Waals surface area (Å²) in [5.74, 6) is 0.00768. The van der Waals surface area contributed by atoms with Crippen molar-refractivity contribution < 1.29 is 18.7 Å². The van der Waals surface area contributed by atoms with Crippen LogP contribution in [0.4, 0.5) is 15.8 Å². The molecule has 0 aliphatic rings. The summed E-state index contributed by atoms with van der Waals surface area (Å²) in [6.07, 6.45) is 0. The van der Waals surface area contributed by atoms with Gasteiger partial charge in [0.25, 0.3) is 5.91 Å².